The van der Waals surface area contributed by atoms with Crippen LogP contribution in [-0.4, -0.2) is 17.8 Å². The number of primary amides is 1. The minimum absolute atomic E-state index is 0.226. The lowest BCUT2D eigenvalue weighted by Crippen LogP contribution is -2.23. The summed E-state index contributed by atoms with van der Waals surface area (Å²) in [5.74, 6) is -0.400. The number of urea groups is 1. The summed E-state index contributed by atoms with van der Waals surface area (Å²) in [7, 11) is 0. The number of nitrogens with two attached hydrogens (primary N) is 1. The Morgan fingerprint density at radius 3 is 2.32 bits per heavy atom. The van der Waals surface area contributed by atoms with Crippen molar-refractivity contribution in [2.75, 3.05) is 10.6 Å². The summed E-state index contributed by atoms with van der Waals surface area (Å²) in [4.78, 5) is 35.1. The third-order valence-electron chi connectivity index (χ3n) is 3.80. The summed E-state index contributed by atoms with van der Waals surface area (Å²) < 4.78 is 5.04. The highest BCUT2D eigenvalue weighted by Crippen LogP contribution is 2.13. The number of hydrogen-bond donors (Lipinski definition) is 4. The van der Waals surface area contributed by atoms with Gasteiger partial charge < -0.3 is 26.1 Å². The number of rotatable bonds is 6. The molecule has 8 nitrogen and oxygen atoms in total. The van der Waals surface area contributed by atoms with E-state index < -0.39 is 6.03 Å². The Morgan fingerprint density at radius 2 is 1.64 bits per heavy atom. The van der Waals surface area contributed by atoms with Crippen molar-refractivity contribution in [3.63, 3.8) is 0 Å². The van der Waals surface area contributed by atoms with Gasteiger partial charge in [-0.1, -0.05) is 18.2 Å². The van der Waals surface area contributed by atoms with E-state index in [-0.39, 0.29) is 17.6 Å². The molecule has 0 fully saturated rings. The highest BCUT2D eigenvalue weighted by atomic mass is 16.3. The van der Waals surface area contributed by atoms with Crippen LogP contribution in [0.4, 0.5) is 16.2 Å². The zero-order valence-corrected chi connectivity index (χ0v) is 14.8. The predicted octanol–water partition coefficient (Wildman–Crippen LogP) is 2.95. The van der Waals surface area contributed by atoms with Crippen molar-refractivity contribution in [1.29, 1.82) is 0 Å². The van der Waals surface area contributed by atoms with Crippen LogP contribution in [0.5, 0.6) is 0 Å². The minimum atomic E-state index is -0.697. The first-order chi connectivity index (χ1) is 13.5. The molecule has 0 aliphatic carbocycles. The van der Waals surface area contributed by atoms with Crippen LogP contribution in [0.2, 0.25) is 0 Å². The number of furan rings is 1. The minimum Gasteiger partial charge on any atom is -0.459 e. The molecule has 0 saturated carbocycles. The van der Waals surface area contributed by atoms with E-state index in [0.717, 1.165) is 5.56 Å². The lowest BCUT2D eigenvalue weighted by atomic mass is 10.1. The van der Waals surface area contributed by atoms with Crippen molar-refractivity contribution in [2.24, 2.45) is 5.73 Å². The van der Waals surface area contributed by atoms with Crippen molar-refractivity contribution >= 4 is 29.2 Å². The van der Waals surface area contributed by atoms with E-state index in [1.807, 2.05) is 0 Å². The fourth-order valence-corrected chi connectivity index (χ4v) is 2.47. The Bertz CT molecular complexity index is 982. The summed E-state index contributed by atoms with van der Waals surface area (Å²) in [6.07, 6.45) is 1.43. The zero-order chi connectivity index (χ0) is 19.9. The molecule has 0 unspecified atom stereocenters. The Kier molecular flexibility index (Phi) is 5.71. The molecule has 2 aromatic carbocycles. The summed E-state index contributed by atoms with van der Waals surface area (Å²) in [6.45, 7) is 0.304. The molecule has 0 aliphatic heterocycles. The summed E-state index contributed by atoms with van der Waals surface area (Å²) in [6, 6.07) is 16.0. The SMILES string of the molecule is NC(=O)Nc1cccc(C(=O)NCc2ccc(NC(=O)c3ccco3)cc2)c1. The maximum absolute atomic E-state index is 12.3. The van der Waals surface area contributed by atoms with Gasteiger partial charge in [0.15, 0.2) is 5.76 Å². The third-order valence-corrected chi connectivity index (χ3v) is 3.80. The highest BCUT2D eigenvalue weighted by Gasteiger charge is 2.09. The maximum Gasteiger partial charge on any atom is 0.316 e. The Hall–Kier alpha value is -4.07. The van der Waals surface area contributed by atoms with Crippen LogP contribution in [0, 0.1) is 0 Å². The summed E-state index contributed by atoms with van der Waals surface area (Å²) >= 11 is 0. The van der Waals surface area contributed by atoms with Gasteiger partial charge in [0.1, 0.15) is 0 Å². The summed E-state index contributed by atoms with van der Waals surface area (Å²) in [5.41, 5.74) is 7.38. The van der Waals surface area contributed by atoms with Crippen molar-refractivity contribution in [2.45, 2.75) is 6.54 Å². The monoisotopic (exact) mass is 378 g/mol. The van der Waals surface area contributed by atoms with E-state index in [9.17, 15) is 14.4 Å². The number of benzene rings is 2. The fraction of sp³-hybridized carbons (Fsp3) is 0.0500. The Balaban J connectivity index is 1.55. The van der Waals surface area contributed by atoms with Gasteiger partial charge in [0.2, 0.25) is 0 Å². The molecule has 0 radical (unpaired) electrons. The molecule has 142 valence electrons. The van der Waals surface area contributed by atoms with Gasteiger partial charge in [-0.3, -0.25) is 9.59 Å². The second-order valence-corrected chi connectivity index (χ2v) is 5.88. The molecule has 0 bridgehead atoms. The summed E-state index contributed by atoms with van der Waals surface area (Å²) in [5, 5.41) is 7.94. The molecular formula is C20H18N4O4. The van der Waals surface area contributed by atoms with Crippen LogP contribution in [0.1, 0.15) is 26.5 Å². The van der Waals surface area contributed by atoms with Crippen molar-refractivity contribution in [1.82, 2.24) is 5.32 Å². The van der Waals surface area contributed by atoms with Crippen molar-refractivity contribution in [3.05, 3.63) is 83.8 Å². The van der Waals surface area contributed by atoms with E-state index in [1.54, 1.807) is 54.6 Å². The van der Waals surface area contributed by atoms with Gasteiger partial charge >= 0.3 is 6.03 Å². The standard InChI is InChI=1S/C20H18N4O4/c21-20(27)24-16-4-1-3-14(11-16)18(25)22-12-13-6-8-15(9-7-13)23-19(26)17-5-2-10-28-17/h1-11H,12H2,(H,22,25)(H,23,26)(H3,21,24,27). The second-order valence-electron chi connectivity index (χ2n) is 5.88. The topological polar surface area (TPSA) is 126 Å². The number of amides is 4. The van der Waals surface area contributed by atoms with E-state index in [4.69, 9.17) is 10.2 Å². The first-order valence-electron chi connectivity index (χ1n) is 8.40. The predicted molar refractivity (Wildman–Crippen MR) is 104 cm³/mol. The van der Waals surface area contributed by atoms with Crippen LogP contribution < -0.4 is 21.7 Å². The average molecular weight is 378 g/mol. The number of anilines is 2. The van der Waals surface area contributed by atoms with Crippen LogP contribution in [0.15, 0.2) is 71.3 Å². The molecule has 1 heterocycles. The van der Waals surface area contributed by atoms with Crippen molar-refractivity contribution in [3.8, 4) is 0 Å². The van der Waals surface area contributed by atoms with Crippen molar-refractivity contribution < 1.29 is 18.8 Å². The smallest absolute Gasteiger partial charge is 0.316 e. The van der Waals surface area contributed by atoms with Gasteiger partial charge in [-0.15, -0.1) is 0 Å². The Morgan fingerprint density at radius 1 is 0.857 bits per heavy atom. The Labute approximate surface area is 160 Å². The molecule has 0 spiro atoms. The van der Waals surface area contributed by atoms with Gasteiger partial charge in [0.05, 0.1) is 6.26 Å². The lowest BCUT2D eigenvalue weighted by molar-refractivity contribution is 0.0949. The lowest BCUT2D eigenvalue weighted by Gasteiger charge is -2.08. The normalized spacial score (nSPS) is 10.1. The largest absolute Gasteiger partial charge is 0.459 e. The third kappa shape index (κ3) is 4.98. The molecule has 3 rings (SSSR count). The van der Waals surface area contributed by atoms with Gasteiger partial charge in [-0.2, -0.15) is 0 Å². The molecule has 3 aromatic rings. The van der Waals surface area contributed by atoms with Gasteiger partial charge in [-0.05, 0) is 48.0 Å². The number of hydrogen-bond acceptors (Lipinski definition) is 4. The molecule has 8 heteroatoms. The fourth-order valence-electron chi connectivity index (χ4n) is 2.47. The molecule has 0 atom stereocenters. The van der Waals surface area contributed by atoms with Gasteiger partial charge in [0, 0.05) is 23.5 Å². The molecule has 1 aromatic heterocycles. The second kappa shape index (κ2) is 8.54. The molecule has 0 aliphatic rings. The number of carbonyl (C=O) groups is 3. The maximum atomic E-state index is 12.3. The molecule has 28 heavy (non-hydrogen) atoms. The zero-order valence-electron chi connectivity index (χ0n) is 14.8. The van der Waals surface area contributed by atoms with Gasteiger partial charge in [-0.25, -0.2) is 4.79 Å². The van der Waals surface area contributed by atoms with E-state index in [0.29, 0.717) is 23.5 Å². The van der Waals surface area contributed by atoms with Crippen LogP contribution in [-0.2, 0) is 6.54 Å². The van der Waals surface area contributed by atoms with Gasteiger partial charge in [0.25, 0.3) is 11.8 Å². The van der Waals surface area contributed by atoms with E-state index in [2.05, 4.69) is 16.0 Å². The number of nitrogens with one attached hydrogen (secondary N) is 3. The van der Waals surface area contributed by atoms with E-state index in [1.165, 1.54) is 12.3 Å². The van der Waals surface area contributed by atoms with E-state index >= 15 is 0 Å². The van der Waals surface area contributed by atoms with Crippen LogP contribution in [0.3, 0.4) is 0 Å². The first kappa shape index (κ1) is 18.7. The van der Waals surface area contributed by atoms with Crippen LogP contribution in [0.25, 0.3) is 0 Å². The van der Waals surface area contributed by atoms with Crippen LogP contribution >= 0.6 is 0 Å². The average Bonchev–Trinajstić information content (AvgIpc) is 3.22. The molecule has 4 amide bonds. The molecule has 5 N–H and O–H groups in total. The highest BCUT2D eigenvalue weighted by molar-refractivity contribution is 6.02. The number of carbonyl (C=O) groups excluding carboxylic acids is 3. The first-order valence-corrected chi connectivity index (χ1v) is 8.40. The molecule has 0 saturated heterocycles. The molecular weight excluding hydrogens is 360 g/mol. The quantitative estimate of drug-likeness (QED) is 0.526.